The van der Waals surface area contributed by atoms with E-state index in [1.165, 1.54) is 12.3 Å². The van der Waals surface area contributed by atoms with Crippen LogP contribution in [-0.4, -0.2) is 28.8 Å². The zero-order chi connectivity index (χ0) is 17.9. The number of aryl methyl sites for hydroxylation is 1. The molecule has 2 rings (SSSR count). The van der Waals surface area contributed by atoms with Crippen LogP contribution in [0.25, 0.3) is 0 Å². The number of benzene rings is 1. The Morgan fingerprint density at radius 3 is 2.83 bits per heavy atom. The highest BCUT2D eigenvalue weighted by Crippen LogP contribution is 2.34. The molecule has 1 N–H and O–H groups in total. The molecule has 0 atom stereocenters. The van der Waals surface area contributed by atoms with Crippen molar-refractivity contribution in [1.29, 1.82) is 0 Å². The highest BCUT2D eigenvalue weighted by atomic mass is 35.5. The zero-order valence-corrected chi connectivity index (χ0v) is 14.3. The van der Waals surface area contributed by atoms with Gasteiger partial charge in [0.1, 0.15) is 9.88 Å². The molecule has 0 saturated carbocycles. The minimum absolute atomic E-state index is 0.107. The van der Waals surface area contributed by atoms with Gasteiger partial charge in [0, 0.05) is 22.9 Å². The highest BCUT2D eigenvalue weighted by Gasteiger charge is 2.18. The maximum Gasteiger partial charge on any atom is 0.348 e. The molecule has 24 heavy (non-hydrogen) atoms. The van der Waals surface area contributed by atoms with Gasteiger partial charge in [0.2, 0.25) is 5.75 Å². The molecule has 0 spiro atoms. The van der Waals surface area contributed by atoms with Crippen LogP contribution in [0.4, 0.5) is 10.7 Å². The number of nitro groups is 1. The predicted octanol–water partition coefficient (Wildman–Crippen LogP) is 4.25. The summed E-state index contributed by atoms with van der Waals surface area (Å²) in [5, 5.41) is 21.4. The van der Waals surface area contributed by atoms with Crippen molar-refractivity contribution in [3.8, 4) is 5.75 Å². The number of rotatable bonds is 5. The monoisotopic (exact) mass is 368 g/mol. The molecule has 1 aromatic carbocycles. The lowest BCUT2D eigenvalue weighted by atomic mass is 10.2. The van der Waals surface area contributed by atoms with Crippen LogP contribution >= 0.6 is 22.9 Å². The van der Waals surface area contributed by atoms with Crippen molar-refractivity contribution in [1.82, 2.24) is 0 Å². The van der Waals surface area contributed by atoms with Gasteiger partial charge >= 0.3 is 11.7 Å². The normalized spacial score (nSPS) is 11.0. The maximum absolute atomic E-state index is 11.8. The largest absolute Gasteiger partial charge is 0.502 e. The molecule has 7 nitrogen and oxygen atoms in total. The zero-order valence-electron chi connectivity index (χ0n) is 12.8. The first-order valence-electron chi connectivity index (χ1n) is 6.82. The summed E-state index contributed by atoms with van der Waals surface area (Å²) in [5.74, 6) is -0.949. The van der Waals surface area contributed by atoms with E-state index < -0.39 is 22.3 Å². The summed E-state index contributed by atoms with van der Waals surface area (Å²) >= 11 is 6.94. The SMILES string of the molecule is CCOC(=O)c1sc(N=Cc2cc(Cl)cc([N+](=O)[O-])c2O)cc1C. The van der Waals surface area contributed by atoms with Gasteiger partial charge in [-0.25, -0.2) is 9.79 Å². The van der Waals surface area contributed by atoms with Crippen LogP contribution in [0.2, 0.25) is 5.02 Å². The number of ether oxygens (including phenoxy) is 1. The number of halogens is 1. The maximum atomic E-state index is 11.8. The molecule has 9 heteroatoms. The molecular weight excluding hydrogens is 356 g/mol. The summed E-state index contributed by atoms with van der Waals surface area (Å²) in [6.45, 7) is 3.74. The molecule has 0 amide bonds. The van der Waals surface area contributed by atoms with Crippen molar-refractivity contribution in [2.24, 2.45) is 4.99 Å². The molecule has 126 valence electrons. The average Bonchev–Trinajstić information content (AvgIpc) is 2.89. The fourth-order valence-corrected chi connectivity index (χ4v) is 3.04. The topological polar surface area (TPSA) is 102 Å². The molecule has 0 aliphatic heterocycles. The number of phenolic OH excluding ortho intramolecular Hbond substituents is 1. The number of phenols is 1. The van der Waals surface area contributed by atoms with Crippen LogP contribution in [0.1, 0.15) is 27.7 Å². The van der Waals surface area contributed by atoms with Gasteiger partial charge in [0.15, 0.2) is 0 Å². The van der Waals surface area contributed by atoms with Crippen LogP contribution in [0.15, 0.2) is 23.2 Å². The fraction of sp³-hybridized carbons (Fsp3) is 0.200. The Hall–Kier alpha value is -2.45. The van der Waals surface area contributed by atoms with E-state index in [2.05, 4.69) is 4.99 Å². The Labute approximate surface area is 146 Å². The van der Waals surface area contributed by atoms with Crippen LogP contribution in [0.3, 0.4) is 0 Å². The lowest BCUT2D eigenvalue weighted by Gasteiger charge is -2.01. The summed E-state index contributed by atoms with van der Waals surface area (Å²) in [7, 11) is 0. The van der Waals surface area contributed by atoms with Gasteiger partial charge in [-0.05, 0) is 31.5 Å². The number of hydrogen-bond acceptors (Lipinski definition) is 7. The quantitative estimate of drug-likeness (QED) is 0.368. The number of esters is 1. The average molecular weight is 369 g/mol. The van der Waals surface area contributed by atoms with E-state index in [-0.39, 0.29) is 17.2 Å². The number of carbonyl (C=O) groups excluding carboxylic acids is 1. The third-order valence-electron chi connectivity index (χ3n) is 2.98. The van der Waals surface area contributed by atoms with Gasteiger partial charge in [-0.15, -0.1) is 11.3 Å². The van der Waals surface area contributed by atoms with Crippen LogP contribution in [0, 0.1) is 17.0 Å². The minimum Gasteiger partial charge on any atom is -0.502 e. The molecule has 0 saturated heterocycles. The Morgan fingerprint density at radius 1 is 1.50 bits per heavy atom. The number of nitrogens with zero attached hydrogens (tertiary/aromatic N) is 2. The molecule has 0 fully saturated rings. The lowest BCUT2D eigenvalue weighted by molar-refractivity contribution is -0.385. The molecule has 1 aromatic heterocycles. The molecule has 1 heterocycles. The van der Waals surface area contributed by atoms with E-state index in [4.69, 9.17) is 16.3 Å². The second kappa shape index (κ2) is 7.41. The Kier molecular flexibility index (Phi) is 5.53. The molecule has 2 aromatic rings. The molecule has 0 aliphatic carbocycles. The van der Waals surface area contributed by atoms with Gasteiger partial charge in [-0.2, -0.15) is 0 Å². The smallest absolute Gasteiger partial charge is 0.348 e. The van der Waals surface area contributed by atoms with E-state index in [0.29, 0.717) is 15.4 Å². The summed E-state index contributed by atoms with van der Waals surface area (Å²) in [6, 6.07) is 4.10. The third-order valence-corrected chi connectivity index (χ3v) is 4.32. The first-order valence-corrected chi connectivity index (χ1v) is 8.01. The van der Waals surface area contributed by atoms with Crippen molar-refractivity contribution in [3.05, 3.63) is 49.3 Å². The van der Waals surface area contributed by atoms with Gasteiger partial charge < -0.3 is 9.84 Å². The summed E-state index contributed by atoms with van der Waals surface area (Å²) in [4.78, 5) is 26.5. The Morgan fingerprint density at radius 2 is 2.21 bits per heavy atom. The molecule has 0 radical (unpaired) electrons. The summed E-state index contributed by atoms with van der Waals surface area (Å²) in [5.41, 5.74) is 0.323. The number of thiophene rings is 1. The number of nitro benzene ring substituents is 1. The fourth-order valence-electron chi connectivity index (χ4n) is 1.90. The second-order valence-electron chi connectivity index (χ2n) is 4.70. The van der Waals surface area contributed by atoms with Crippen molar-refractivity contribution >= 4 is 45.8 Å². The standard InChI is InChI=1S/C15H13ClN2O5S/c1-3-23-15(20)14-8(2)4-12(24-14)17-7-9-5-10(16)6-11(13(9)19)18(21)22/h4-7,19H,3H2,1-2H3. The first kappa shape index (κ1) is 17.9. The van der Waals surface area contributed by atoms with Crippen LogP contribution < -0.4 is 0 Å². The van der Waals surface area contributed by atoms with Crippen LogP contribution in [0.5, 0.6) is 5.75 Å². The lowest BCUT2D eigenvalue weighted by Crippen LogP contribution is -2.03. The number of hydrogen-bond donors (Lipinski definition) is 1. The van der Waals surface area contributed by atoms with Crippen molar-refractivity contribution in [3.63, 3.8) is 0 Å². The van der Waals surface area contributed by atoms with Gasteiger partial charge in [0.25, 0.3) is 0 Å². The van der Waals surface area contributed by atoms with E-state index >= 15 is 0 Å². The van der Waals surface area contributed by atoms with E-state index in [1.807, 2.05) is 0 Å². The summed E-state index contributed by atoms with van der Waals surface area (Å²) < 4.78 is 4.95. The summed E-state index contributed by atoms with van der Waals surface area (Å²) in [6.07, 6.45) is 1.26. The van der Waals surface area contributed by atoms with Crippen molar-refractivity contribution < 1.29 is 19.6 Å². The third kappa shape index (κ3) is 3.90. The highest BCUT2D eigenvalue weighted by molar-refractivity contribution is 7.17. The Balaban J connectivity index is 2.34. The predicted molar refractivity (Wildman–Crippen MR) is 92.0 cm³/mol. The molecule has 0 aliphatic rings. The molecule has 0 unspecified atom stereocenters. The Bertz CT molecular complexity index is 832. The van der Waals surface area contributed by atoms with Crippen LogP contribution in [-0.2, 0) is 4.74 Å². The van der Waals surface area contributed by atoms with E-state index in [1.54, 1.807) is 19.9 Å². The van der Waals surface area contributed by atoms with Crippen molar-refractivity contribution in [2.75, 3.05) is 6.61 Å². The van der Waals surface area contributed by atoms with Crippen molar-refractivity contribution in [2.45, 2.75) is 13.8 Å². The number of aromatic hydroxyl groups is 1. The molecular formula is C15H13ClN2O5S. The number of carbonyl (C=O) groups is 1. The first-order chi connectivity index (χ1) is 11.3. The molecule has 0 bridgehead atoms. The second-order valence-corrected chi connectivity index (χ2v) is 6.16. The van der Waals surface area contributed by atoms with E-state index in [9.17, 15) is 20.0 Å². The van der Waals surface area contributed by atoms with E-state index in [0.717, 1.165) is 17.4 Å². The number of aliphatic imine (C=N–C) groups is 1. The van der Waals surface area contributed by atoms with Gasteiger partial charge in [-0.3, -0.25) is 10.1 Å². The van der Waals surface area contributed by atoms with Gasteiger partial charge in [0.05, 0.1) is 11.5 Å². The minimum atomic E-state index is -0.729. The van der Waals surface area contributed by atoms with Gasteiger partial charge in [-0.1, -0.05) is 11.6 Å².